The molecule has 0 aliphatic rings. The molecule has 0 heterocycles. The van der Waals surface area contributed by atoms with Crippen molar-refractivity contribution >= 4 is 17.5 Å². The van der Waals surface area contributed by atoms with Crippen LogP contribution in [-0.2, 0) is 9.63 Å². The molecule has 0 unspecified atom stereocenters. The third-order valence-electron chi connectivity index (χ3n) is 1.78. The number of rotatable bonds is 5. The van der Waals surface area contributed by atoms with Crippen LogP contribution in [0, 0.1) is 15.9 Å². The zero-order valence-corrected chi connectivity index (χ0v) is 8.88. The van der Waals surface area contributed by atoms with E-state index in [0.717, 1.165) is 18.2 Å². The minimum absolute atomic E-state index is 0.448. The molecular formula is C9H8FN3O5. The van der Waals surface area contributed by atoms with E-state index in [0.29, 0.717) is 0 Å². The second-order valence-corrected chi connectivity index (χ2v) is 3.11. The fourth-order valence-electron chi connectivity index (χ4n) is 1.03. The Hall–Kier alpha value is -2.55. The van der Waals surface area contributed by atoms with Crippen LogP contribution in [-0.4, -0.2) is 23.3 Å². The Balaban J connectivity index is 2.81. The van der Waals surface area contributed by atoms with Gasteiger partial charge in [0, 0.05) is 12.1 Å². The van der Waals surface area contributed by atoms with Crippen LogP contribution < -0.4 is 11.2 Å². The number of nitro benzene ring substituents is 1. The number of carbonyl (C=O) groups excluding carboxylic acids is 2. The fraction of sp³-hybridized carbons (Fsp3) is 0.111. The van der Waals surface area contributed by atoms with Crippen LogP contribution >= 0.6 is 0 Å². The fourth-order valence-corrected chi connectivity index (χ4v) is 1.03. The second kappa shape index (κ2) is 5.68. The summed E-state index contributed by atoms with van der Waals surface area (Å²) in [6, 6.07) is 2.44. The maximum absolute atomic E-state index is 13.2. The van der Waals surface area contributed by atoms with E-state index in [1.807, 2.05) is 0 Å². The van der Waals surface area contributed by atoms with Crippen molar-refractivity contribution in [2.45, 2.75) is 0 Å². The first-order chi connectivity index (χ1) is 8.41. The van der Waals surface area contributed by atoms with E-state index < -0.39 is 40.4 Å². The SMILES string of the molecule is NC(=O)CONC(=O)c1cc([N+](=O)[O-])ccc1F. The lowest BCUT2D eigenvalue weighted by Crippen LogP contribution is -2.29. The molecule has 0 radical (unpaired) electrons. The third kappa shape index (κ3) is 3.49. The summed E-state index contributed by atoms with van der Waals surface area (Å²) in [6.07, 6.45) is 0. The summed E-state index contributed by atoms with van der Waals surface area (Å²) in [5.41, 5.74) is 5.44. The number of carbonyl (C=O) groups is 2. The summed E-state index contributed by atoms with van der Waals surface area (Å²) < 4.78 is 13.2. The topological polar surface area (TPSA) is 125 Å². The smallest absolute Gasteiger partial charge is 0.278 e. The Kier molecular flexibility index (Phi) is 4.27. The summed E-state index contributed by atoms with van der Waals surface area (Å²) in [4.78, 5) is 35.7. The lowest BCUT2D eigenvalue weighted by molar-refractivity contribution is -0.384. The molecule has 0 spiro atoms. The van der Waals surface area contributed by atoms with Gasteiger partial charge < -0.3 is 5.73 Å². The molecule has 1 aromatic rings. The van der Waals surface area contributed by atoms with Gasteiger partial charge in [0.15, 0.2) is 6.61 Å². The number of nitro groups is 1. The maximum Gasteiger partial charge on any atom is 0.278 e. The van der Waals surface area contributed by atoms with Crippen LogP contribution in [0.25, 0.3) is 0 Å². The number of nitrogens with one attached hydrogen (secondary N) is 1. The molecule has 8 nitrogen and oxygen atoms in total. The number of hydrogen-bond donors (Lipinski definition) is 2. The molecule has 96 valence electrons. The zero-order valence-electron chi connectivity index (χ0n) is 8.88. The Morgan fingerprint density at radius 2 is 2.17 bits per heavy atom. The van der Waals surface area contributed by atoms with Crippen molar-refractivity contribution in [1.29, 1.82) is 0 Å². The van der Waals surface area contributed by atoms with Gasteiger partial charge in [0.25, 0.3) is 11.6 Å². The highest BCUT2D eigenvalue weighted by Crippen LogP contribution is 2.16. The number of benzene rings is 1. The molecule has 0 saturated heterocycles. The first-order valence-corrected chi connectivity index (χ1v) is 4.56. The van der Waals surface area contributed by atoms with Gasteiger partial charge in [0.05, 0.1) is 10.5 Å². The van der Waals surface area contributed by atoms with Gasteiger partial charge >= 0.3 is 0 Å². The van der Waals surface area contributed by atoms with Crippen LogP contribution in [0.2, 0.25) is 0 Å². The lowest BCUT2D eigenvalue weighted by Gasteiger charge is -2.04. The van der Waals surface area contributed by atoms with Gasteiger partial charge in [-0.3, -0.25) is 24.5 Å². The van der Waals surface area contributed by atoms with E-state index in [-0.39, 0.29) is 0 Å². The van der Waals surface area contributed by atoms with E-state index >= 15 is 0 Å². The lowest BCUT2D eigenvalue weighted by atomic mass is 10.2. The number of hydrogen-bond acceptors (Lipinski definition) is 5. The molecule has 0 bridgehead atoms. The van der Waals surface area contributed by atoms with Gasteiger partial charge in [-0.25, -0.2) is 9.87 Å². The summed E-state index contributed by atoms with van der Waals surface area (Å²) >= 11 is 0. The molecule has 3 N–H and O–H groups in total. The summed E-state index contributed by atoms with van der Waals surface area (Å²) in [5.74, 6) is -2.85. The Morgan fingerprint density at radius 1 is 1.50 bits per heavy atom. The first kappa shape index (κ1) is 13.5. The molecule has 0 atom stereocenters. The normalized spacial score (nSPS) is 9.83. The number of hydroxylamine groups is 1. The molecule has 1 rings (SSSR count). The van der Waals surface area contributed by atoms with Crippen molar-refractivity contribution in [3.63, 3.8) is 0 Å². The first-order valence-electron chi connectivity index (χ1n) is 4.56. The number of non-ortho nitro benzene ring substituents is 1. The van der Waals surface area contributed by atoms with Gasteiger partial charge in [-0.2, -0.15) is 0 Å². The van der Waals surface area contributed by atoms with Crippen molar-refractivity contribution in [2.24, 2.45) is 5.73 Å². The number of halogens is 1. The van der Waals surface area contributed by atoms with Crippen LogP contribution in [0.15, 0.2) is 18.2 Å². The average Bonchev–Trinajstić information content (AvgIpc) is 2.28. The molecule has 18 heavy (non-hydrogen) atoms. The van der Waals surface area contributed by atoms with Gasteiger partial charge in [-0.1, -0.05) is 0 Å². The molecule has 0 saturated carbocycles. The van der Waals surface area contributed by atoms with Crippen LogP contribution in [0.3, 0.4) is 0 Å². The van der Waals surface area contributed by atoms with Gasteiger partial charge in [-0.05, 0) is 6.07 Å². The third-order valence-corrected chi connectivity index (χ3v) is 1.78. The highest BCUT2D eigenvalue weighted by atomic mass is 19.1. The van der Waals surface area contributed by atoms with Crippen molar-refractivity contribution in [3.05, 3.63) is 39.7 Å². The predicted molar refractivity (Wildman–Crippen MR) is 55.7 cm³/mol. The van der Waals surface area contributed by atoms with Crippen molar-refractivity contribution in [2.75, 3.05) is 6.61 Å². The summed E-state index contributed by atoms with van der Waals surface area (Å²) in [7, 11) is 0. The molecule has 0 aromatic heterocycles. The average molecular weight is 257 g/mol. The molecular weight excluding hydrogens is 249 g/mol. The van der Waals surface area contributed by atoms with Gasteiger partial charge in [-0.15, -0.1) is 0 Å². The highest BCUT2D eigenvalue weighted by molar-refractivity contribution is 5.94. The number of amides is 2. The molecule has 2 amide bonds. The summed E-state index contributed by atoms with van der Waals surface area (Å²) in [5, 5.41) is 10.4. The molecule has 0 fully saturated rings. The number of nitrogens with zero attached hydrogens (tertiary/aromatic N) is 1. The van der Waals surface area contributed by atoms with Crippen LogP contribution in [0.1, 0.15) is 10.4 Å². The Bertz CT molecular complexity index is 505. The molecule has 0 aliphatic heterocycles. The van der Waals surface area contributed by atoms with Crippen molar-refractivity contribution in [3.8, 4) is 0 Å². The van der Waals surface area contributed by atoms with Gasteiger partial charge in [0.2, 0.25) is 5.91 Å². The van der Waals surface area contributed by atoms with E-state index in [9.17, 15) is 24.1 Å². The standard InChI is InChI=1S/C9H8FN3O5/c10-7-2-1-5(13(16)17)3-6(7)9(15)12-18-4-8(11)14/h1-3H,4H2,(H2,11,14)(H,12,15). The highest BCUT2D eigenvalue weighted by Gasteiger charge is 2.17. The maximum atomic E-state index is 13.2. The quantitative estimate of drug-likeness (QED) is 0.562. The van der Waals surface area contributed by atoms with E-state index in [1.165, 1.54) is 0 Å². The molecule has 9 heteroatoms. The van der Waals surface area contributed by atoms with Crippen LogP contribution in [0.4, 0.5) is 10.1 Å². The van der Waals surface area contributed by atoms with Crippen molar-refractivity contribution in [1.82, 2.24) is 5.48 Å². The predicted octanol–water partition coefficient (Wildman–Crippen LogP) is -0.119. The monoisotopic (exact) mass is 257 g/mol. The minimum Gasteiger partial charge on any atom is -0.368 e. The zero-order chi connectivity index (χ0) is 13.7. The largest absolute Gasteiger partial charge is 0.368 e. The number of nitrogens with two attached hydrogens (primary N) is 1. The van der Waals surface area contributed by atoms with E-state index in [4.69, 9.17) is 5.73 Å². The van der Waals surface area contributed by atoms with E-state index in [1.54, 1.807) is 5.48 Å². The van der Waals surface area contributed by atoms with Gasteiger partial charge in [0.1, 0.15) is 5.82 Å². The van der Waals surface area contributed by atoms with E-state index in [2.05, 4.69) is 4.84 Å². The summed E-state index contributed by atoms with van der Waals surface area (Å²) in [6.45, 7) is -0.595. The Labute approximate surface area is 99.6 Å². The van der Waals surface area contributed by atoms with Crippen molar-refractivity contribution < 1.29 is 23.7 Å². The molecule has 1 aromatic carbocycles. The minimum atomic E-state index is -1.06. The molecule has 0 aliphatic carbocycles. The second-order valence-electron chi connectivity index (χ2n) is 3.11. The van der Waals surface area contributed by atoms with Crippen LogP contribution in [0.5, 0.6) is 0 Å². The Morgan fingerprint density at radius 3 is 2.72 bits per heavy atom. The number of primary amides is 1.